The molecule has 2 aliphatic rings. The quantitative estimate of drug-likeness (QED) is 0.753. The van der Waals surface area contributed by atoms with Crippen LogP contribution in [0.25, 0.3) is 0 Å². The third-order valence-electron chi connectivity index (χ3n) is 4.72. The van der Waals surface area contributed by atoms with Gasteiger partial charge in [-0.05, 0) is 50.7 Å². The van der Waals surface area contributed by atoms with Crippen molar-refractivity contribution >= 4 is 29.2 Å². The predicted octanol–water partition coefficient (Wildman–Crippen LogP) is 2.64. The van der Waals surface area contributed by atoms with Gasteiger partial charge in [0.25, 0.3) is 0 Å². The van der Waals surface area contributed by atoms with Gasteiger partial charge in [0.15, 0.2) is 5.82 Å². The van der Waals surface area contributed by atoms with Crippen molar-refractivity contribution in [3.63, 3.8) is 0 Å². The van der Waals surface area contributed by atoms with Crippen molar-refractivity contribution in [3.05, 3.63) is 36.2 Å². The lowest BCUT2D eigenvalue weighted by Crippen LogP contribution is -2.38. The molecule has 0 aliphatic carbocycles. The topological polar surface area (TPSA) is 70.2 Å². The molecule has 130 valence electrons. The average Bonchev–Trinajstić information content (AvgIpc) is 2.65. The second kappa shape index (κ2) is 7.01. The van der Waals surface area contributed by atoms with Crippen LogP contribution in [0.15, 0.2) is 40.5 Å². The lowest BCUT2D eigenvalue weighted by Gasteiger charge is -2.28. The maximum absolute atomic E-state index is 12.4. The Morgan fingerprint density at radius 3 is 2.96 bits per heavy atom. The van der Waals surface area contributed by atoms with Gasteiger partial charge in [-0.3, -0.25) is 4.79 Å². The second-order valence-corrected chi connectivity index (χ2v) is 7.59. The molecule has 1 aromatic carbocycles. The van der Waals surface area contributed by atoms with Crippen molar-refractivity contribution in [2.75, 3.05) is 25.5 Å². The molecule has 6 nitrogen and oxygen atoms in total. The first kappa shape index (κ1) is 16.4. The minimum Gasteiger partial charge on any atom is -0.352 e. The van der Waals surface area contributed by atoms with E-state index in [1.54, 1.807) is 24.2 Å². The van der Waals surface area contributed by atoms with Gasteiger partial charge in [-0.25, -0.2) is 9.97 Å². The molecule has 0 radical (unpaired) electrons. The van der Waals surface area contributed by atoms with Gasteiger partial charge in [0.05, 0.1) is 5.69 Å². The standard InChI is InChI=1S/C18H21N5OS/c1-23-8-4-13(5-9-23)17(24)21-11-12-2-3-15-14(10-12)22-16-18(25-15)20-7-6-19-16/h2-3,6-7,10,13H,4-5,8-9,11H2,1H3,(H,19,22)(H,21,24). The third-order valence-corrected chi connectivity index (χ3v) is 5.79. The molecule has 0 spiro atoms. The fraction of sp³-hybridized carbons (Fsp3) is 0.389. The van der Waals surface area contributed by atoms with Crippen molar-refractivity contribution in [3.8, 4) is 0 Å². The number of carbonyl (C=O) groups excluding carboxylic acids is 1. The van der Waals surface area contributed by atoms with Gasteiger partial charge in [0.1, 0.15) is 5.03 Å². The summed E-state index contributed by atoms with van der Waals surface area (Å²) in [5.41, 5.74) is 2.10. The number of fused-ring (bicyclic) bond motifs is 2. The van der Waals surface area contributed by atoms with Crippen LogP contribution >= 0.6 is 11.8 Å². The maximum atomic E-state index is 12.4. The number of rotatable bonds is 3. The van der Waals surface area contributed by atoms with Crippen LogP contribution in [0.5, 0.6) is 0 Å². The molecule has 1 aromatic heterocycles. The number of anilines is 2. The number of hydrogen-bond acceptors (Lipinski definition) is 6. The molecular weight excluding hydrogens is 334 g/mol. The zero-order chi connectivity index (χ0) is 17.2. The largest absolute Gasteiger partial charge is 0.352 e. The number of likely N-dealkylation sites (tertiary alicyclic amines) is 1. The molecule has 0 bridgehead atoms. The van der Waals surface area contributed by atoms with Crippen molar-refractivity contribution in [1.29, 1.82) is 0 Å². The van der Waals surface area contributed by atoms with Crippen molar-refractivity contribution < 1.29 is 4.79 Å². The van der Waals surface area contributed by atoms with E-state index in [2.05, 4.69) is 50.7 Å². The van der Waals surface area contributed by atoms with E-state index in [0.717, 1.165) is 52.9 Å². The maximum Gasteiger partial charge on any atom is 0.223 e. The number of nitrogens with one attached hydrogen (secondary N) is 2. The van der Waals surface area contributed by atoms with E-state index >= 15 is 0 Å². The van der Waals surface area contributed by atoms with E-state index < -0.39 is 0 Å². The van der Waals surface area contributed by atoms with E-state index in [1.165, 1.54) is 0 Å². The Morgan fingerprint density at radius 1 is 1.32 bits per heavy atom. The highest BCUT2D eigenvalue weighted by molar-refractivity contribution is 7.99. The van der Waals surface area contributed by atoms with Crippen LogP contribution in [0.4, 0.5) is 11.5 Å². The first-order chi connectivity index (χ1) is 12.2. The van der Waals surface area contributed by atoms with Gasteiger partial charge in [-0.2, -0.15) is 0 Å². The van der Waals surface area contributed by atoms with Gasteiger partial charge >= 0.3 is 0 Å². The Kier molecular flexibility index (Phi) is 4.59. The van der Waals surface area contributed by atoms with Crippen LogP contribution in [0.2, 0.25) is 0 Å². The minimum absolute atomic E-state index is 0.143. The summed E-state index contributed by atoms with van der Waals surface area (Å²) in [5, 5.41) is 7.30. The van der Waals surface area contributed by atoms with Gasteiger partial charge < -0.3 is 15.5 Å². The molecule has 0 saturated carbocycles. The Morgan fingerprint density at radius 2 is 2.12 bits per heavy atom. The highest BCUT2D eigenvalue weighted by atomic mass is 32.2. The molecule has 0 atom stereocenters. The van der Waals surface area contributed by atoms with Crippen LogP contribution in [0, 0.1) is 5.92 Å². The number of benzene rings is 1. The molecule has 1 fully saturated rings. The molecule has 25 heavy (non-hydrogen) atoms. The molecule has 7 heteroatoms. The zero-order valence-corrected chi connectivity index (χ0v) is 15.0. The number of piperidine rings is 1. The summed E-state index contributed by atoms with van der Waals surface area (Å²) in [6.07, 6.45) is 5.27. The Labute approximate surface area is 151 Å². The van der Waals surface area contributed by atoms with E-state index in [9.17, 15) is 4.79 Å². The Balaban J connectivity index is 1.39. The average molecular weight is 355 g/mol. The lowest BCUT2D eigenvalue weighted by molar-refractivity contribution is -0.126. The highest BCUT2D eigenvalue weighted by Crippen LogP contribution is 2.41. The van der Waals surface area contributed by atoms with Crippen LogP contribution in [0.3, 0.4) is 0 Å². The van der Waals surface area contributed by atoms with Crippen LogP contribution < -0.4 is 10.6 Å². The zero-order valence-electron chi connectivity index (χ0n) is 14.2. The number of carbonyl (C=O) groups is 1. The molecule has 2 aliphatic heterocycles. The first-order valence-corrected chi connectivity index (χ1v) is 9.36. The molecule has 3 heterocycles. The second-order valence-electron chi connectivity index (χ2n) is 6.56. The molecular formula is C18H21N5OS. The summed E-state index contributed by atoms with van der Waals surface area (Å²) in [6, 6.07) is 6.21. The summed E-state index contributed by atoms with van der Waals surface area (Å²) in [5.74, 6) is 1.10. The van der Waals surface area contributed by atoms with Crippen LogP contribution in [-0.4, -0.2) is 40.9 Å². The predicted molar refractivity (Wildman–Crippen MR) is 97.9 cm³/mol. The number of aromatic nitrogens is 2. The van der Waals surface area contributed by atoms with E-state index in [4.69, 9.17) is 0 Å². The highest BCUT2D eigenvalue weighted by Gasteiger charge is 2.23. The summed E-state index contributed by atoms with van der Waals surface area (Å²) in [4.78, 5) is 24.4. The lowest BCUT2D eigenvalue weighted by atomic mass is 9.96. The normalized spacial score (nSPS) is 17.3. The summed E-state index contributed by atoms with van der Waals surface area (Å²) < 4.78 is 0. The Bertz CT molecular complexity index is 789. The van der Waals surface area contributed by atoms with Gasteiger partial charge in [-0.15, -0.1) is 0 Å². The van der Waals surface area contributed by atoms with Crippen molar-refractivity contribution in [2.45, 2.75) is 29.3 Å². The van der Waals surface area contributed by atoms with Gasteiger partial charge in [0, 0.05) is 29.8 Å². The molecule has 2 N–H and O–H groups in total. The minimum atomic E-state index is 0.143. The van der Waals surface area contributed by atoms with Crippen molar-refractivity contribution in [2.24, 2.45) is 5.92 Å². The molecule has 4 rings (SSSR count). The van der Waals surface area contributed by atoms with E-state index in [-0.39, 0.29) is 11.8 Å². The van der Waals surface area contributed by atoms with Crippen molar-refractivity contribution in [1.82, 2.24) is 20.2 Å². The fourth-order valence-corrected chi connectivity index (χ4v) is 4.07. The first-order valence-electron chi connectivity index (χ1n) is 8.54. The smallest absolute Gasteiger partial charge is 0.223 e. The summed E-state index contributed by atoms with van der Waals surface area (Å²) in [7, 11) is 2.11. The third kappa shape index (κ3) is 3.62. The van der Waals surface area contributed by atoms with Crippen LogP contribution in [0.1, 0.15) is 18.4 Å². The fourth-order valence-electron chi connectivity index (χ4n) is 3.20. The number of amides is 1. The van der Waals surface area contributed by atoms with Crippen LogP contribution in [-0.2, 0) is 11.3 Å². The number of hydrogen-bond donors (Lipinski definition) is 2. The van der Waals surface area contributed by atoms with E-state index in [0.29, 0.717) is 6.54 Å². The SMILES string of the molecule is CN1CCC(C(=O)NCc2ccc3c(c2)Nc2nccnc2S3)CC1. The Hall–Kier alpha value is -2.12. The molecule has 1 saturated heterocycles. The monoisotopic (exact) mass is 355 g/mol. The molecule has 2 aromatic rings. The van der Waals surface area contributed by atoms with Gasteiger partial charge in [-0.1, -0.05) is 17.8 Å². The van der Waals surface area contributed by atoms with Gasteiger partial charge in [0.2, 0.25) is 5.91 Å². The summed E-state index contributed by atoms with van der Waals surface area (Å²) in [6.45, 7) is 2.55. The van der Waals surface area contributed by atoms with E-state index in [1.807, 2.05) is 0 Å². The molecule has 1 amide bonds. The molecule has 0 unspecified atom stereocenters. The summed E-state index contributed by atoms with van der Waals surface area (Å²) >= 11 is 1.61. The number of nitrogens with zero attached hydrogens (tertiary/aromatic N) is 3.